The second kappa shape index (κ2) is 5.27. The van der Waals surface area contributed by atoms with E-state index in [9.17, 15) is 9.18 Å². The lowest BCUT2D eigenvalue weighted by Gasteiger charge is -2.11. The van der Waals surface area contributed by atoms with Gasteiger partial charge in [0.15, 0.2) is 0 Å². The van der Waals surface area contributed by atoms with Crippen LogP contribution in [0, 0.1) is 5.82 Å². The molecule has 1 N–H and O–H groups in total. The van der Waals surface area contributed by atoms with Gasteiger partial charge in [0, 0.05) is 12.7 Å². The minimum absolute atomic E-state index is 0.0760. The van der Waals surface area contributed by atoms with Gasteiger partial charge in [-0.25, -0.2) is 4.39 Å². The van der Waals surface area contributed by atoms with E-state index in [4.69, 9.17) is 21.4 Å². The number of carboxylic acid groups (broad SMARTS) is 1. The molecule has 0 aliphatic heterocycles. The van der Waals surface area contributed by atoms with Crippen molar-refractivity contribution in [3.63, 3.8) is 0 Å². The van der Waals surface area contributed by atoms with E-state index in [1.807, 2.05) is 0 Å². The molecule has 0 spiro atoms. The van der Waals surface area contributed by atoms with Crippen LogP contribution < -0.4 is 0 Å². The summed E-state index contributed by atoms with van der Waals surface area (Å²) in [6, 6.07) is 2.89. The van der Waals surface area contributed by atoms with Gasteiger partial charge in [0.1, 0.15) is 5.82 Å². The topological polar surface area (TPSA) is 46.5 Å². The van der Waals surface area contributed by atoms with E-state index in [-0.39, 0.29) is 17.2 Å². The molecule has 1 rings (SSSR count). The van der Waals surface area contributed by atoms with Gasteiger partial charge in [-0.3, -0.25) is 4.79 Å². The van der Waals surface area contributed by atoms with Crippen molar-refractivity contribution in [2.45, 2.75) is 19.4 Å². The molecule has 3 nitrogen and oxygen atoms in total. The lowest BCUT2D eigenvalue weighted by atomic mass is 9.98. The average molecular weight is 247 g/mol. The predicted octanol–water partition coefficient (Wildman–Crippen LogP) is 2.81. The van der Waals surface area contributed by atoms with Crippen LogP contribution in [0.25, 0.3) is 0 Å². The number of aliphatic carboxylic acids is 1. The van der Waals surface area contributed by atoms with Crippen molar-refractivity contribution < 1.29 is 19.0 Å². The number of hydrogen-bond acceptors (Lipinski definition) is 2. The van der Waals surface area contributed by atoms with Gasteiger partial charge in [0.2, 0.25) is 0 Å². The average Bonchev–Trinajstić information content (AvgIpc) is 2.22. The quantitative estimate of drug-likeness (QED) is 0.889. The first-order valence-electron chi connectivity index (χ1n) is 4.67. The SMILES string of the molecule is COCc1cc(Cl)c(F)c(C(C)C(=O)O)c1. The molecule has 0 bridgehead atoms. The van der Waals surface area contributed by atoms with Crippen LogP contribution in [-0.4, -0.2) is 18.2 Å². The number of carboxylic acids is 1. The number of carbonyl (C=O) groups is 1. The van der Waals surface area contributed by atoms with Crippen molar-refractivity contribution in [2.75, 3.05) is 7.11 Å². The highest BCUT2D eigenvalue weighted by Crippen LogP contribution is 2.27. The Balaban J connectivity index is 3.20. The van der Waals surface area contributed by atoms with Crippen LogP contribution in [0.15, 0.2) is 12.1 Å². The summed E-state index contributed by atoms with van der Waals surface area (Å²) in [5.74, 6) is -2.71. The first-order valence-corrected chi connectivity index (χ1v) is 5.04. The fourth-order valence-corrected chi connectivity index (χ4v) is 1.62. The van der Waals surface area contributed by atoms with Crippen LogP contribution in [0.1, 0.15) is 24.0 Å². The molecule has 5 heteroatoms. The first kappa shape index (κ1) is 12.9. The normalized spacial score (nSPS) is 12.5. The highest BCUT2D eigenvalue weighted by Gasteiger charge is 2.20. The number of halogens is 2. The van der Waals surface area contributed by atoms with E-state index < -0.39 is 17.7 Å². The molecule has 0 aromatic heterocycles. The second-order valence-corrected chi connectivity index (χ2v) is 3.88. The van der Waals surface area contributed by atoms with Gasteiger partial charge in [-0.2, -0.15) is 0 Å². The molecule has 0 amide bonds. The highest BCUT2D eigenvalue weighted by atomic mass is 35.5. The lowest BCUT2D eigenvalue weighted by Crippen LogP contribution is -2.10. The smallest absolute Gasteiger partial charge is 0.310 e. The van der Waals surface area contributed by atoms with E-state index >= 15 is 0 Å². The van der Waals surface area contributed by atoms with E-state index in [1.165, 1.54) is 26.2 Å². The van der Waals surface area contributed by atoms with Gasteiger partial charge in [-0.05, 0) is 24.6 Å². The third kappa shape index (κ3) is 2.71. The summed E-state index contributed by atoms with van der Waals surface area (Å²) < 4.78 is 18.5. The molecule has 1 unspecified atom stereocenters. The van der Waals surface area contributed by atoms with E-state index in [0.29, 0.717) is 5.56 Å². The van der Waals surface area contributed by atoms with Crippen molar-refractivity contribution in [1.29, 1.82) is 0 Å². The van der Waals surface area contributed by atoms with Gasteiger partial charge < -0.3 is 9.84 Å². The Labute approximate surface area is 97.8 Å². The summed E-state index contributed by atoms with van der Waals surface area (Å²) in [6.45, 7) is 1.67. The molecule has 88 valence electrons. The third-order valence-corrected chi connectivity index (χ3v) is 2.54. The van der Waals surface area contributed by atoms with Crippen molar-refractivity contribution in [3.8, 4) is 0 Å². The first-order chi connectivity index (χ1) is 7.47. The Morgan fingerprint density at radius 2 is 2.25 bits per heavy atom. The van der Waals surface area contributed by atoms with Gasteiger partial charge in [0.25, 0.3) is 0 Å². The monoisotopic (exact) mass is 246 g/mol. The fraction of sp³-hybridized carbons (Fsp3) is 0.364. The molecule has 1 aromatic carbocycles. The summed E-state index contributed by atoms with van der Waals surface area (Å²) in [5.41, 5.74) is 0.726. The number of hydrogen-bond donors (Lipinski definition) is 1. The predicted molar refractivity (Wildman–Crippen MR) is 58.2 cm³/mol. The van der Waals surface area contributed by atoms with Gasteiger partial charge in [-0.1, -0.05) is 11.6 Å². The number of benzene rings is 1. The lowest BCUT2D eigenvalue weighted by molar-refractivity contribution is -0.138. The van der Waals surface area contributed by atoms with Crippen LogP contribution >= 0.6 is 11.6 Å². The van der Waals surface area contributed by atoms with E-state index in [0.717, 1.165) is 0 Å². The number of methoxy groups -OCH3 is 1. The molecule has 0 aliphatic rings. The van der Waals surface area contributed by atoms with Crippen molar-refractivity contribution >= 4 is 17.6 Å². The molecular formula is C11H12ClFO3. The molecule has 0 heterocycles. The standard InChI is InChI=1S/C11H12ClFO3/c1-6(11(14)15)8-3-7(5-16-2)4-9(12)10(8)13/h3-4,6H,5H2,1-2H3,(H,14,15). The number of ether oxygens (including phenoxy) is 1. The molecule has 0 radical (unpaired) electrons. The van der Waals surface area contributed by atoms with Crippen LogP contribution in [0.3, 0.4) is 0 Å². The maximum atomic E-state index is 13.6. The summed E-state index contributed by atoms with van der Waals surface area (Å²) >= 11 is 5.68. The zero-order valence-electron chi connectivity index (χ0n) is 8.96. The molecule has 0 saturated carbocycles. The molecule has 0 fully saturated rings. The van der Waals surface area contributed by atoms with Gasteiger partial charge in [0.05, 0.1) is 17.5 Å². The zero-order valence-corrected chi connectivity index (χ0v) is 9.71. The van der Waals surface area contributed by atoms with Crippen molar-refractivity contribution in [2.24, 2.45) is 0 Å². The molecule has 1 atom stereocenters. The molecule has 1 aromatic rings. The summed E-state index contributed by atoms with van der Waals surface area (Å²) in [5, 5.41) is 8.75. The maximum absolute atomic E-state index is 13.6. The highest BCUT2D eigenvalue weighted by molar-refractivity contribution is 6.30. The summed E-state index contributed by atoms with van der Waals surface area (Å²) in [7, 11) is 1.50. The Kier molecular flexibility index (Phi) is 4.26. The Morgan fingerprint density at radius 1 is 1.62 bits per heavy atom. The Bertz CT molecular complexity index is 406. The van der Waals surface area contributed by atoms with Crippen LogP contribution in [0.4, 0.5) is 4.39 Å². The summed E-state index contributed by atoms with van der Waals surface area (Å²) in [6.07, 6.45) is 0. The Morgan fingerprint density at radius 3 is 2.75 bits per heavy atom. The minimum atomic E-state index is -1.09. The molecule has 0 aliphatic carbocycles. The second-order valence-electron chi connectivity index (χ2n) is 3.47. The molecular weight excluding hydrogens is 235 g/mol. The largest absolute Gasteiger partial charge is 0.481 e. The van der Waals surface area contributed by atoms with Crippen LogP contribution in [0.2, 0.25) is 5.02 Å². The van der Waals surface area contributed by atoms with E-state index in [1.54, 1.807) is 0 Å². The van der Waals surface area contributed by atoms with Crippen molar-refractivity contribution in [3.05, 3.63) is 34.1 Å². The maximum Gasteiger partial charge on any atom is 0.310 e. The minimum Gasteiger partial charge on any atom is -0.481 e. The van der Waals surface area contributed by atoms with Crippen LogP contribution in [0.5, 0.6) is 0 Å². The fourth-order valence-electron chi connectivity index (χ4n) is 1.37. The Hall–Kier alpha value is -1.13. The summed E-state index contributed by atoms with van der Waals surface area (Å²) in [4.78, 5) is 10.8. The zero-order chi connectivity index (χ0) is 12.3. The van der Waals surface area contributed by atoms with E-state index in [2.05, 4.69) is 0 Å². The van der Waals surface area contributed by atoms with Crippen molar-refractivity contribution in [1.82, 2.24) is 0 Å². The third-order valence-electron chi connectivity index (χ3n) is 2.26. The molecule has 16 heavy (non-hydrogen) atoms. The van der Waals surface area contributed by atoms with Crippen LogP contribution in [-0.2, 0) is 16.1 Å². The van der Waals surface area contributed by atoms with Gasteiger partial charge >= 0.3 is 5.97 Å². The van der Waals surface area contributed by atoms with Gasteiger partial charge in [-0.15, -0.1) is 0 Å². The molecule has 0 saturated heterocycles. The number of rotatable bonds is 4.